The van der Waals surface area contributed by atoms with Crippen LogP contribution in [0.4, 0.5) is 0 Å². The summed E-state index contributed by atoms with van der Waals surface area (Å²) in [5.74, 6) is -0.881. The van der Waals surface area contributed by atoms with Crippen molar-refractivity contribution in [2.24, 2.45) is 0 Å². The molecule has 0 radical (unpaired) electrons. The summed E-state index contributed by atoms with van der Waals surface area (Å²) in [7, 11) is 0. The van der Waals surface area contributed by atoms with E-state index in [1.807, 2.05) is 18.2 Å². The minimum Gasteiger partial charge on any atom is -0.479 e. The van der Waals surface area contributed by atoms with Gasteiger partial charge in [-0.3, -0.25) is 0 Å². The van der Waals surface area contributed by atoms with Crippen molar-refractivity contribution >= 4 is 5.97 Å². The first-order valence-electron chi connectivity index (χ1n) is 5.73. The quantitative estimate of drug-likeness (QED) is 0.809. The van der Waals surface area contributed by atoms with E-state index in [9.17, 15) is 9.90 Å². The molecule has 1 aliphatic carbocycles. The summed E-state index contributed by atoms with van der Waals surface area (Å²) >= 11 is 0. The van der Waals surface area contributed by atoms with E-state index in [2.05, 4.69) is 12.6 Å². The van der Waals surface area contributed by atoms with Crippen LogP contribution in [0.1, 0.15) is 17.5 Å². The third-order valence-corrected chi connectivity index (χ3v) is 3.26. The summed E-state index contributed by atoms with van der Waals surface area (Å²) in [5, 5.41) is 9.38. The van der Waals surface area contributed by atoms with E-state index in [0.29, 0.717) is 12.8 Å². The van der Waals surface area contributed by atoms with E-state index in [0.717, 1.165) is 12.0 Å². The van der Waals surface area contributed by atoms with Gasteiger partial charge in [0.2, 0.25) is 0 Å². The molecule has 1 aromatic rings. The van der Waals surface area contributed by atoms with Crippen molar-refractivity contribution < 1.29 is 14.6 Å². The molecular weight excluding hydrogens is 216 g/mol. The molecule has 0 aromatic heterocycles. The molecule has 0 aliphatic heterocycles. The van der Waals surface area contributed by atoms with Crippen molar-refractivity contribution in [3.05, 3.63) is 48.0 Å². The summed E-state index contributed by atoms with van der Waals surface area (Å²) in [6.07, 6.45) is 3.30. The second-order valence-electron chi connectivity index (χ2n) is 4.34. The highest BCUT2D eigenvalue weighted by atomic mass is 16.5. The molecular formula is C14H16O3. The topological polar surface area (TPSA) is 46.5 Å². The number of hydrogen-bond acceptors (Lipinski definition) is 2. The Morgan fingerprint density at radius 3 is 2.82 bits per heavy atom. The number of carbonyl (C=O) groups is 1. The van der Waals surface area contributed by atoms with Crippen LogP contribution >= 0.6 is 0 Å². The molecule has 3 nitrogen and oxygen atoms in total. The zero-order valence-electron chi connectivity index (χ0n) is 9.69. The molecule has 1 atom stereocenters. The van der Waals surface area contributed by atoms with Crippen LogP contribution < -0.4 is 0 Å². The van der Waals surface area contributed by atoms with Crippen molar-refractivity contribution in [2.45, 2.75) is 24.9 Å². The average molecular weight is 232 g/mol. The second-order valence-corrected chi connectivity index (χ2v) is 4.34. The largest absolute Gasteiger partial charge is 0.479 e. The first kappa shape index (κ1) is 11.9. The van der Waals surface area contributed by atoms with Crippen molar-refractivity contribution in [3.63, 3.8) is 0 Å². The van der Waals surface area contributed by atoms with Gasteiger partial charge in [-0.2, -0.15) is 0 Å². The third kappa shape index (κ3) is 2.24. The molecule has 17 heavy (non-hydrogen) atoms. The van der Waals surface area contributed by atoms with Gasteiger partial charge in [0.25, 0.3) is 0 Å². The first-order valence-corrected chi connectivity index (χ1v) is 5.73. The lowest BCUT2D eigenvalue weighted by molar-refractivity contribution is -0.166. The highest BCUT2D eigenvalue weighted by Gasteiger charge is 2.42. The lowest BCUT2D eigenvalue weighted by atomic mass is 9.80. The predicted molar refractivity (Wildman–Crippen MR) is 65.0 cm³/mol. The number of carboxylic acid groups (broad SMARTS) is 1. The predicted octanol–water partition coefficient (Wildman–Crippen LogP) is 2.20. The van der Waals surface area contributed by atoms with Gasteiger partial charge in [-0.05, 0) is 24.0 Å². The van der Waals surface area contributed by atoms with Crippen LogP contribution in [0.2, 0.25) is 0 Å². The maximum absolute atomic E-state index is 11.4. The fourth-order valence-electron chi connectivity index (χ4n) is 2.29. The molecule has 1 aromatic carbocycles. The van der Waals surface area contributed by atoms with Gasteiger partial charge in [-0.15, -0.1) is 6.58 Å². The van der Waals surface area contributed by atoms with Crippen LogP contribution in [0.5, 0.6) is 0 Å². The Morgan fingerprint density at radius 1 is 1.47 bits per heavy atom. The summed E-state index contributed by atoms with van der Waals surface area (Å²) in [5.41, 5.74) is 1.22. The van der Waals surface area contributed by atoms with E-state index in [1.54, 1.807) is 6.08 Å². The molecule has 3 heteroatoms. The smallest absolute Gasteiger partial charge is 0.336 e. The Hall–Kier alpha value is -1.61. The molecule has 90 valence electrons. The Bertz CT molecular complexity index is 439. The van der Waals surface area contributed by atoms with Crippen LogP contribution in [0, 0.1) is 0 Å². The van der Waals surface area contributed by atoms with Crippen LogP contribution in [0.3, 0.4) is 0 Å². The van der Waals surface area contributed by atoms with E-state index < -0.39 is 11.6 Å². The number of aliphatic carboxylic acids is 1. The van der Waals surface area contributed by atoms with Gasteiger partial charge in [-0.25, -0.2) is 4.79 Å². The molecule has 0 heterocycles. The number of benzene rings is 1. The maximum Gasteiger partial charge on any atom is 0.336 e. The Kier molecular flexibility index (Phi) is 3.29. The number of ether oxygens (including phenoxy) is 1. The minimum absolute atomic E-state index is 0.272. The van der Waals surface area contributed by atoms with E-state index >= 15 is 0 Å². The molecule has 2 rings (SSSR count). The molecule has 1 N–H and O–H groups in total. The highest BCUT2D eigenvalue weighted by Crippen LogP contribution is 2.31. The Morgan fingerprint density at radius 2 is 2.18 bits per heavy atom. The molecule has 1 unspecified atom stereocenters. The molecule has 0 fully saturated rings. The van der Waals surface area contributed by atoms with Crippen LogP contribution in [-0.2, 0) is 22.4 Å². The van der Waals surface area contributed by atoms with Crippen LogP contribution in [0.25, 0.3) is 0 Å². The molecule has 0 spiro atoms. The van der Waals surface area contributed by atoms with Gasteiger partial charge in [0.05, 0.1) is 6.61 Å². The number of rotatable bonds is 4. The summed E-state index contributed by atoms with van der Waals surface area (Å²) in [6, 6.07) is 7.94. The Labute approximate surface area is 101 Å². The normalized spacial score (nSPS) is 22.8. The first-order chi connectivity index (χ1) is 8.18. The fraction of sp³-hybridized carbons (Fsp3) is 0.357. The van der Waals surface area contributed by atoms with Gasteiger partial charge in [-0.1, -0.05) is 30.3 Å². The van der Waals surface area contributed by atoms with Gasteiger partial charge in [0.1, 0.15) is 0 Å². The lowest BCUT2D eigenvalue weighted by Crippen LogP contribution is -2.46. The maximum atomic E-state index is 11.4. The molecule has 1 aliphatic rings. The summed E-state index contributed by atoms with van der Waals surface area (Å²) in [6.45, 7) is 3.83. The SMILES string of the molecule is C=CCOC1(C(=O)O)CCc2ccccc2C1. The molecule has 0 saturated heterocycles. The van der Waals surface area contributed by atoms with Crippen molar-refractivity contribution in [1.29, 1.82) is 0 Å². The average Bonchev–Trinajstić information content (AvgIpc) is 2.36. The zero-order valence-corrected chi connectivity index (χ0v) is 9.69. The highest BCUT2D eigenvalue weighted by molar-refractivity contribution is 5.78. The van der Waals surface area contributed by atoms with Crippen molar-refractivity contribution in [2.75, 3.05) is 6.61 Å². The number of hydrogen-bond donors (Lipinski definition) is 1. The van der Waals surface area contributed by atoms with Crippen molar-refractivity contribution in [3.8, 4) is 0 Å². The van der Waals surface area contributed by atoms with Gasteiger partial charge in [0, 0.05) is 6.42 Å². The zero-order chi connectivity index (χ0) is 12.3. The van der Waals surface area contributed by atoms with Gasteiger partial charge < -0.3 is 9.84 Å². The van der Waals surface area contributed by atoms with Crippen molar-refractivity contribution in [1.82, 2.24) is 0 Å². The van der Waals surface area contributed by atoms with Gasteiger partial charge >= 0.3 is 5.97 Å². The summed E-state index contributed by atoms with van der Waals surface area (Å²) in [4.78, 5) is 11.4. The van der Waals surface area contributed by atoms with Gasteiger partial charge in [0.15, 0.2) is 5.60 Å². The number of fused-ring (bicyclic) bond motifs is 1. The van der Waals surface area contributed by atoms with E-state index in [-0.39, 0.29) is 6.61 Å². The lowest BCUT2D eigenvalue weighted by Gasteiger charge is -2.34. The Balaban J connectivity index is 2.27. The molecule has 0 saturated carbocycles. The molecule has 0 amide bonds. The molecule has 0 bridgehead atoms. The van der Waals surface area contributed by atoms with Crippen LogP contribution in [0.15, 0.2) is 36.9 Å². The standard InChI is InChI=1S/C14H16O3/c1-2-9-17-14(13(15)16)8-7-11-5-3-4-6-12(11)10-14/h2-6H,1,7-10H2,(H,15,16). The third-order valence-electron chi connectivity index (χ3n) is 3.26. The minimum atomic E-state index is -1.08. The second kappa shape index (κ2) is 4.72. The monoisotopic (exact) mass is 232 g/mol. The van der Waals surface area contributed by atoms with E-state index in [4.69, 9.17) is 4.74 Å². The number of aryl methyl sites for hydroxylation is 1. The summed E-state index contributed by atoms with van der Waals surface area (Å²) < 4.78 is 5.52. The fourth-order valence-corrected chi connectivity index (χ4v) is 2.29. The number of carboxylic acids is 1. The van der Waals surface area contributed by atoms with Crippen LogP contribution in [-0.4, -0.2) is 23.3 Å². The van der Waals surface area contributed by atoms with E-state index in [1.165, 1.54) is 5.56 Å².